The minimum absolute atomic E-state index is 0.0589. The summed E-state index contributed by atoms with van der Waals surface area (Å²) in [5, 5.41) is 4.01. The Balaban J connectivity index is 1.76. The number of carbonyl (C=O) groups is 1. The van der Waals surface area contributed by atoms with E-state index >= 15 is 0 Å². The third-order valence-electron chi connectivity index (χ3n) is 4.60. The molecule has 0 radical (unpaired) electrons. The number of carbonyl (C=O) groups excluding carboxylic acids is 1. The molecular formula is C25H34N2O3. The van der Waals surface area contributed by atoms with Crippen molar-refractivity contribution in [3.05, 3.63) is 59.7 Å². The predicted octanol–water partition coefficient (Wildman–Crippen LogP) is 5.47. The number of ether oxygens (including phenoxy) is 2. The Bertz CT molecular complexity index is 808. The average molecular weight is 411 g/mol. The van der Waals surface area contributed by atoms with Crippen molar-refractivity contribution in [2.45, 2.75) is 58.8 Å². The number of rotatable bonds is 11. The predicted molar refractivity (Wildman–Crippen MR) is 122 cm³/mol. The summed E-state index contributed by atoms with van der Waals surface area (Å²) in [7, 11) is 0. The second-order valence-corrected chi connectivity index (χ2v) is 8.31. The van der Waals surface area contributed by atoms with Gasteiger partial charge in [0.05, 0.1) is 12.8 Å². The molecule has 0 fully saturated rings. The Morgan fingerprint density at radius 3 is 2.43 bits per heavy atom. The Morgan fingerprint density at radius 2 is 1.73 bits per heavy atom. The molecule has 0 aromatic heterocycles. The summed E-state index contributed by atoms with van der Waals surface area (Å²) in [6.07, 6.45) is 6.35. The van der Waals surface area contributed by atoms with Crippen LogP contribution in [0.3, 0.4) is 0 Å². The van der Waals surface area contributed by atoms with E-state index in [0.717, 1.165) is 35.7 Å². The third-order valence-corrected chi connectivity index (χ3v) is 4.60. The summed E-state index contributed by atoms with van der Waals surface area (Å²) in [5.41, 5.74) is 4.39. The Labute approximate surface area is 180 Å². The first-order chi connectivity index (χ1) is 14.4. The van der Waals surface area contributed by atoms with E-state index in [0.29, 0.717) is 0 Å². The topological polar surface area (TPSA) is 59.9 Å². The zero-order valence-electron chi connectivity index (χ0n) is 18.6. The highest BCUT2D eigenvalue weighted by Crippen LogP contribution is 2.30. The number of hydrogen-bond donors (Lipinski definition) is 1. The van der Waals surface area contributed by atoms with E-state index in [9.17, 15) is 4.79 Å². The van der Waals surface area contributed by atoms with Crippen molar-refractivity contribution < 1.29 is 14.3 Å². The largest absolute Gasteiger partial charge is 0.494 e. The fraction of sp³-hybridized carbons (Fsp3) is 0.440. The van der Waals surface area contributed by atoms with Gasteiger partial charge in [-0.1, -0.05) is 65.2 Å². The van der Waals surface area contributed by atoms with Gasteiger partial charge >= 0.3 is 0 Å². The van der Waals surface area contributed by atoms with Crippen LogP contribution < -0.4 is 14.9 Å². The summed E-state index contributed by atoms with van der Waals surface area (Å²) in [6, 6.07) is 15.4. The van der Waals surface area contributed by atoms with Crippen LogP contribution in [-0.2, 0) is 10.2 Å². The molecule has 0 spiro atoms. The van der Waals surface area contributed by atoms with Crippen LogP contribution in [-0.4, -0.2) is 25.3 Å². The number of para-hydroxylation sites is 1. The van der Waals surface area contributed by atoms with Crippen molar-refractivity contribution in [2.75, 3.05) is 13.2 Å². The lowest BCUT2D eigenvalue weighted by molar-refractivity contribution is -0.123. The zero-order chi connectivity index (χ0) is 21.8. The highest BCUT2D eigenvalue weighted by molar-refractivity contribution is 5.83. The second-order valence-electron chi connectivity index (χ2n) is 8.31. The molecule has 5 nitrogen and oxygen atoms in total. The van der Waals surface area contributed by atoms with Crippen LogP contribution in [0.15, 0.2) is 53.6 Å². The molecule has 0 atom stereocenters. The van der Waals surface area contributed by atoms with Crippen molar-refractivity contribution in [2.24, 2.45) is 5.10 Å². The summed E-state index contributed by atoms with van der Waals surface area (Å²) < 4.78 is 11.4. The lowest BCUT2D eigenvalue weighted by Crippen LogP contribution is -2.25. The van der Waals surface area contributed by atoms with Gasteiger partial charge in [0.1, 0.15) is 11.5 Å². The summed E-state index contributed by atoms with van der Waals surface area (Å²) in [6.45, 7) is 9.19. The molecule has 1 amide bonds. The van der Waals surface area contributed by atoms with E-state index in [-0.39, 0.29) is 17.9 Å². The van der Waals surface area contributed by atoms with Gasteiger partial charge in [0.25, 0.3) is 5.91 Å². The number of hydrazone groups is 1. The number of benzene rings is 2. The first-order valence-electron chi connectivity index (χ1n) is 10.7. The van der Waals surface area contributed by atoms with E-state index in [4.69, 9.17) is 9.47 Å². The van der Waals surface area contributed by atoms with Gasteiger partial charge in [0.15, 0.2) is 6.61 Å². The van der Waals surface area contributed by atoms with Gasteiger partial charge in [0, 0.05) is 0 Å². The maximum absolute atomic E-state index is 12.0. The average Bonchev–Trinajstić information content (AvgIpc) is 2.73. The number of nitrogens with zero attached hydrogens (tertiary/aromatic N) is 1. The minimum atomic E-state index is -0.304. The van der Waals surface area contributed by atoms with Crippen molar-refractivity contribution in [1.82, 2.24) is 5.43 Å². The highest BCUT2D eigenvalue weighted by Gasteiger charge is 2.18. The molecule has 0 saturated heterocycles. The van der Waals surface area contributed by atoms with Crippen LogP contribution in [0.25, 0.3) is 0 Å². The maximum atomic E-state index is 12.0. The fourth-order valence-electron chi connectivity index (χ4n) is 2.94. The van der Waals surface area contributed by atoms with Crippen molar-refractivity contribution in [3.8, 4) is 11.5 Å². The summed E-state index contributed by atoms with van der Waals surface area (Å²) in [4.78, 5) is 12.0. The molecule has 1 N–H and O–H groups in total. The Kier molecular flexibility index (Phi) is 9.39. The van der Waals surface area contributed by atoms with Gasteiger partial charge in [-0.2, -0.15) is 5.10 Å². The molecular weight excluding hydrogens is 376 g/mol. The SMILES string of the molecule is CCCCCCOc1ccc(/C=N/NC(=O)COc2ccccc2C(C)(C)C)cc1. The number of nitrogens with one attached hydrogen (secondary N) is 1. The molecule has 0 bridgehead atoms. The first-order valence-corrected chi connectivity index (χ1v) is 10.7. The highest BCUT2D eigenvalue weighted by atomic mass is 16.5. The molecule has 2 rings (SSSR count). The van der Waals surface area contributed by atoms with E-state index in [1.54, 1.807) is 6.21 Å². The Morgan fingerprint density at radius 1 is 1.00 bits per heavy atom. The lowest BCUT2D eigenvalue weighted by atomic mass is 9.86. The van der Waals surface area contributed by atoms with Crippen molar-refractivity contribution in [3.63, 3.8) is 0 Å². The monoisotopic (exact) mass is 410 g/mol. The van der Waals surface area contributed by atoms with E-state index < -0.39 is 0 Å². The fourth-order valence-corrected chi connectivity index (χ4v) is 2.94. The molecule has 30 heavy (non-hydrogen) atoms. The number of unbranched alkanes of at least 4 members (excludes halogenated alkanes) is 3. The molecule has 0 saturated carbocycles. The lowest BCUT2D eigenvalue weighted by Gasteiger charge is -2.22. The van der Waals surface area contributed by atoms with Gasteiger partial charge in [-0.3, -0.25) is 4.79 Å². The summed E-state index contributed by atoms with van der Waals surface area (Å²) >= 11 is 0. The van der Waals surface area contributed by atoms with Gasteiger partial charge < -0.3 is 9.47 Å². The minimum Gasteiger partial charge on any atom is -0.494 e. The van der Waals surface area contributed by atoms with Crippen LogP contribution in [0, 0.1) is 0 Å². The molecule has 2 aromatic carbocycles. The maximum Gasteiger partial charge on any atom is 0.277 e. The molecule has 162 valence electrons. The molecule has 0 aliphatic carbocycles. The number of hydrogen-bond acceptors (Lipinski definition) is 4. The van der Waals surface area contributed by atoms with Crippen LogP contribution >= 0.6 is 0 Å². The van der Waals surface area contributed by atoms with Crippen LogP contribution in [0.1, 0.15) is 64.5 Å². The molecule has 0 unspecified atom stereocenters. The van der Waals surface area contributed by atoms with Gasteiger partial charge in [0.2, 0.25) is 0 Å². The Hall–Kier alpha value is -2.82. The molecule has 0 aliphatic rings. The standard InChI is InChI=1S/C25H34N2O3/c1-5-6-7-10-17-29-21-15-13-20(14-16-21)18-26-27-24(28)19-30-23-12-9-8-11-22(23)25(2,3)4/h8-9,11-16,18H,5-7,10,17,19H2,1-4H3,(H,27,28)/b26-18+. The van der Waals surface area contributed by atoms with Gasteiger partial charge in [-0.05, 0) is 53.3 Å². The van der Waals surface area contributed by atoms with E-state index in [1.807, 2.05) is 48.5 Å². The normalized spacial score (nSPS) is 11.5. The first kappa shape index (κ1) is 23.5. The van der Waals surface area contributed by atoms with Crippen molar-refractivity contribution in [1.29, 1.82) is 0 Å². The smallest absolute Gasteiger partial charge is 0.277 e. The second kappa shape index (κ2) is 12.0. The molecule has 2 aromatic rings. The third kappa shape index (κ3) is 8.27. The zero-order valence-corrected chi connectivity index (χ0v) is 18.6. The summed E-state index contributed by atoms with van der Waals surface area (Å²) in [5.74, 6) is 1.26. The van der Waals surface area contributed by atoms with Crippen LogP contribution in [0.5, 0.6) is 11.5 Å². The number of amides is 1. The van der Waals surface area contributed by atoms with E-state index in [2.05, 4.69) is 38.2 Å². The van der Waals surface area contributed by atoms with Crippen LogP contribution in [0.4, 0.5) is 0 Å². The van der Waals surface area contributed by atoms with Crippen LogP contribution in [0.2, 0.25) is 0 Å². The van der Waals surface area contributed by atoms with E-state index in [1.165, 1.54) is 19.3 Å². The quantitative estimate of drug-likeness (QED) is 0.303. The molecule has 5 heteroatoms. The molecule has 0 heterocycles. The van der Waals surface area contributed by atoms with Crippen molar-refractivity contribution >= 4 is 12.1 Å². The van der Waals surface area contributed by atoms with Gasteiger partial charge in [-0.25, -0.2) is 5.43 Å². The molecule has 0 aliphatic heterocycles. The van der Waals surface area contributed by atoms with Gasteiger partial charge in [-0.15, -0.1) is 0 Å².